The maximum atomic E-state index is 16.0. The third kappa shape index (κ3) is 4.99. The number of fused-ring (bicyclic) bond motifs is 4. The molecule has 4 atom stereocenters. The Hall–Kier alpha value is -4.10. The first-order valence-corrected chi connectivity index (χ1v) is 15.1. The minimum Gasteiger partial charge on any atom is -0.462 e. The van der Waals surface area contributed by atoms with Crippen molar-refractivity contribution in [2.75, 3.05) is 44.7 Å². The summed E-state index contributed by atoms with van der Waals surface area (Å²) < 4.78 is 36.0. The Morgan fingerprint density at radius 3 is 2.81 bits per heavy atom. The fourth-order valence-corrected chi connectivity index (χ4v) is 7.28. The molecule has 0 N–H and O–H groups in total. The van der Waals surface area contributed by atoms with Crippen LogP contribution in [0.3, 0.4) is 0 Å². The average molecular weight is 585 g/mol. The number of halogens is 2. The van der Waals surface area contributed by atoms with Gasteiger partial charge in [-0.3, -0.25) is 4.79 Å². The van der Waals surface area contributed by atoms with Crippen molar-refractivity contribution in [1.29, 1.82) is 5.26 Å². The number of nitriles is 1. The predicted molar refractivity (Wildman–Crippen MR) is 159 cm³/mol. The Bertz CT molecular complexity index is 1670. The van der Waals surface area contributed by atoms with E-state index in [4.69, 9.17) is 14.7 Å². The van der Waals surface area contributed by atoms with Crippen LogP contribution < -0.4 is 9.64 Å². The number of carbonyl (C=O) groups is 1. The van der Waals surface area contributed by atoms with Gasteiger partial charge in [0.15, 0.2) is 5.83 Å². The molecule has 43 heavy (non-hydrogen) atoms. The van der Waals surface area contributed by atoms with E-state index in [-0.39, 0.29) is 37.4 Å². The highest BCUT2D eigenvalue weighted by Gasteiger charge is 2.45. The molecule has 0 bridgehead atoms. The van der Waals surface area contributed by atoms with E-state index in [2.05, 4.69) is 30.7 Å². The first-order valence-electron chi connectivity index (χ1n) is 15.1. The summed E-state index contributed by atoms with van der Waals surface area (Å²) in [6.45, 7) is 5.30. The Morgan fingerprint density at radius 1 is 1.19 bits per heavy atom. The van der Waals surface area contributed by atoms with Gasteiger partial charge in [-0.05, 0) is 79.9 Å². The standard InChI is InChI=1S/C33H34F2N6O2/c1-19(34)32(42)41-12-11-40(17-21(41)8-9-36)31-28-15-29(35)27(24-7-3-6-23-25-13-20(25)14-26(23)24)16-30(28)37-33(38-31)43-18-22-5-4-10-39(22)2/h3,6-7,15-16,20-22,25H,1,4-5,8,10-14,17-18H2,2H3/t20-,21-,22-,25-/m0/s1. The highest BCUT2D eigenvalue weighted by atomic mass is 19.1. The van der Waals surface area contributed by atoms with Gasteiger partial charge >= 0.3 is 6.01 Å². The summed E-state index contributed by atoms with van der Waals surface area (Å²) in [6, 6.07) is 11.4. The number of rotatable bonds is 7. The van der Waals surface area contributed by atoms with Crippen LogP contribution in [-0.4, -0.2) is 77.6 Å². The van der Waals surface area contributed by atoms with E-state index in [0.717, 1.165) is 31.4 Å². The molecule has 0 spiro atoms. The number of hydrogen-bond acceptors (Lipinski definition) is 7. The van der Waals surface area contributed by atoms with Gasteiger partial charge in [-0.25, -0.2) is 8.78 Å². The number of carbonyl (C=O) groups excluding carboxylic acids is 1. The second-order valence-electron chi connectivity index (χ2n) is 12.3. The molecule has 1 amide bonds. The minimum atomic E-state index is -1.06. The lowest BCUT2D eigenvalue weighted by Crippen LogP contribution is -2.55. The van der Waals surface area contributed by atoms with Crippen LogP contribution in [0.15, 0.2) is 42.7 Å². The first kappa shape index (κ1) is 27.7. The zero-order chi connectivity index (χ0) is 29.8. The van der Waals surface area contributed by atoms with Gasteiger partial charge in [-0.1, -0.05) is 24.8 Å². The molecule has 3 aromatic rings. The molecule has 1 aromatic heterocycles. The predicted octanol–water partition coefficient (Wildman–Crippen LogP) is 4.98. The number of aromatic nitrogens is 2. The summed E-state index contributed by atoms with van der Waals surface area (Å²) in [6.07, 6.45) is 4.33. The third-order valence-electron chi connectivity index (χ3n) is 9.71. The Morgan fingerprint density at radius 2 is 2.05 bits per heavy atom. The Kier molecular flexibility index (Phi) is 7.01. The normalized spacial score (nSPS) is 24.5. The fourth-order valence-electron chi connectivity index (χ4n) is 7.28. The smallest absolute Gasteiger partial charge is 0.319 e. The van der Waals surface area contributed by atoms with Gasteiger partial charge in [0, 0.05) is 36.6 Å². The van der Waals surface area contributed by atoms with Crippen LogP contribution in [-0.2, 0) is 11.2 Å². The summed E-state index contributed by atoms with van der Waals surface area (Å²) in [4.78, 5) is 27.5. The number of likely N-dealkylation sites (N-methyl/N-ethyl adjacent to an activating group) is 1. The van der Waals surface area contributed by atoms with Crippen LogP contribution in [0.1, 0.15) is 42.7 Å². The molecule has 0 radical (unpaired) electrons. The topological polar surface area (TPSA) is 85.6 Å². The van der Waals surface area contributed by atoms with Gasteiger partial charge in [-0.15, -0.1) is 0 Å². The molecule has 3 heterocycles. The number of nitrogens with zero attached hydrogens (tertiary/aromatic N) is 6. The van der Waals surface area contributed by atoms with Crippen LogP contribution in [0.25, 0.3) is 22.0 Å². The summed E-state index contributed by atoms with van der Waals surface area (Å²) in [5, 5.41) is 9.98. The largest absolute Gasteiger partial charge is 0.462 e. The highest BCUT2D eigenvalue weighted by Crippen LogP contribution is 2.58. The molecule has 222 valence electrons. The number of anilines is 1. The summed E-state index contributed by atoms with van der Waals surface area (Å²) in [7, 11) is 2.08. The van der Waals surface area contributed by atoms with Crippen LogP contribution in [0.4, 0.5) is 14.6 Å². The lowest BCUT2D eigenvalue weighted by atomic mass is 9.93. The molecule has 10 heteroatoms. The molecule has 3 fully saturated rings. The van der Waals surface area contributed by atoms with Gasteiger partial charge in [0.1, 0.15) is 18.2 Å². The monoisotopic (exact) mass is 584 g/mol. The number of amides is 1. The summed E-state index contributed by atoms with van der Waals surface area (Å²) in [5.74, 6) is -0.495. The van der Waals surface area contributed by atoms with Crippen molar-refractivity contribution in [2.45, 2.75) is 50.1 Å². The van der Waals surface area contributed by atoms with Gasteiger partial charge in [0.2, 0.25) is 0 Å². The van der Waals surface area contributed by atoms with Crippen molar-refractivity contribution in [3.8, 4) is 23.2 Å². The lowest BCUT2D eigenvalue weighted by Gasteiger charge is -2.41. The van der Waals surface area contributed by atoms with E-state index in [1.807, 2.05) is 17.0 Å². The minimum absolute atomic E-state index is 0.00945. The van der Waals surface area contributed by atoms with Crippen LogP contribution in [0.2, 0.25) is 0 Å². The van der Waals surface area contributed by atoms with Gasteiger partial charge in [0.25, 0.3) is 5.91 Å². The molecule has 1 saturated carbocycles. The molecule has 2 aliphatic carbocycles. The van der Waals surface area contributed by atoms with Crippen molar-refractivity contribution < 1.29 is 18.3 Å². The van der Waals surface area contributed by atoms with Crippen molar-refractivity contribution >= 4 is 22.6 Å². The zero-order valence-electron chi connectivity index (χ0n) is 24.2. The van der Waals surface area contributed by atoms with Crippen LogP contribution in [0, 0.1) is 23.1 Å². The van der Waals surface area contributed by atoms with Crippen molar-refractivity contribution in [3.63, 3.8) is 0 Å². The van der Waals surface area contributed by atoms with Crippen molar-refractivity contribution in [1.82, 2.24) is 19.8 Å². The van der Waals surface area contributed by atoms with E-state index in [1.54, 1.807) is 6.07 Å². The lowest BCUT2D eigenvalue weighted by molar-refractivity contribution is -0.131. The molecule has 2 aliphatic heterocycles. The van der Waals surface area contributed by atoms with E-state index >= 15 is 4.39 Å². The third-order valence-corrected chi connectivity index (χ3v) is 9.71. The van der Waals surface area contributed by atoms with Crippen molar-refractivity contribution in [2.24, 2.45) is 5.92 Å². The maximum Gasteiger partial charge on any atom is 0.319 e. The van der Waals surface area contributed by atoms with Crippen LogP contribution >= 0.6 is 0 Å². The molecular weight excluding hydrogens is 550 g/mol. The number of likely N-dealkylation sites (tertiary alicyclic amines) is 1. The Balaban J connectivity index is 1.28. The fraction of sp³-hybridized carbons (Fsp3) is 0.455. The van der Waals surface area contributed by atoms with Gasteiger partial charge < -0.3 is 19.4 Å². The van der Waals surface area contributed by atoms with Crippen LogP contribution in [0.5, 0.6) is 6.01 Å². The van der Waals surface area contributed by atoms with Crippen molar-refractivity contribution in [3.05, 3.63) is 59.7 Å². The quantitative estimate of drug-likeness (QED) is 0.362. The molecule has 7 rings (SSSR count). The van der Waals surface area contributed by atoms with E-state index in [9.17, 15) is 14.4 Å². The number of piperazine rings is 1. The molecular formula is C33H34F2N6O2. The number of ether oxygens (including phenoxy) is 1. The first-order chi connectivity index (χ1) is 20.8. The summed E-state index contributed by atoms with van der Waals surface area (Å²) in [5.41, 5.74) is 4.54. The highest BCUT2D eigenvalue weighted by molar-refractivity contribution is 5.94. The van der Waals surface area contributed by atoms with E-state index in [0.29, 0.717) is 47.3 Å². The van der Waals surface area contributed by atoms with Gasteiger partial charge in [-0.2, -0.15) is 15.2 Å². The number of benzene rings is 2. The number of hydrogen-bond donors (Lipinski definition) is 0. The molecule has 2 saturated heterocycles. The van der Waals surface area contributed by atoms with Gasteiger partial charge in [0.05, 0.1) is 24.0 Å². The molecule has 8 nitrogen and oxygen atoms in total. The zero-order valence-corrected chi connectivity index (χ0v) is 24.2. The second kappa shape index (κ2) is 10.9. The SMILES string of the molecule is C=C(F)C(=O)N1CCN(c2nc(OC[C@@H]3CCCN3C)nc3cc(-c4cccc5c4C[C@@H]4C[C@H]54)c(F)cc23)C[C@@H]1CC#N. The van der Waals surface area contributed by atoms with E-state index in [1.165, 1.54) is 28.5 Å². The molecule has 4 aliphatic rings. The molecule has 0 unspecified atom stereocenters. The van der Waals surface area contributed by atoms with E-state index < -0.39 is 17.8 Å². The Labute approximate surface area is 249 Å². The maximum absolute atomic E-state index is 16.0. The molecule has 2 aromatic carbocycles. The summed E-state index contributed by atoms with van der Waals surface area (Å²) >= 11 is 0. The second-order valence-corrected chi connectivity index (χ2v) is 12.3. The average Bonchev–Trinajstić information content (AvgIpc) is 3.49.